The Morgan fingerprint density at radius 1 is 1.07 bits per heavy atom. The number of hydrogen-bond donors (Lipinski definition) is 0. The van der Waals surface area contributed by atoms with E-state index in [-0.39, 0.29) is 24.2 Å². The van der Waals surface area contributed by atoms with E-state index in [2.05, 4.69) is 20.5 Å². The van der Waals surface area contributed by atoms with E-state index in [9.17, 15) is 9.59 Å². The summed E-state index contributed by atoms with van der Waals surface area (Å²) in [5.41, 5.74) is 1.35. The zero-order chi connectivity index (χ0) is 20.7. The average molecular weight is 420 g/mol. The molecule has 150 valence electrons. The molecule has 0 N–H and O–H groups in total. The van der Waals surface area contributed by atoms with Crippen LogP contribution >= 0.6 is 11.8 Å². The molecule has 10 heteroatoms. The highest BCUT2D eigenvalue weighted by molar-refractivity contribution is 7.98. The van der Waals surface area contributed by atoms with Crippen LogP contribution < -0.4 is 4.90 Å². The normalized spacial score (nSPS) is 20.3. The van der Waals surface area contributed by atoms with Gasteiger partial charge < -0.3 is 4.52 Å². The minimum Gasteiger partial charge on any atom is -0.337 e. The standard InChI is InChI=1S/C20H16N6O3S/c1-30-14-9-5-8-13(10-14)26-19(27)16-17(20(26)28)25(24-22-16)11-15-21-18(23-29-15)12-6-3-2-4-7-12/h2-10,16-17H,11H2,1H3. The van der Waals surface area contributed by atoms with Gasteiger partial charge in [-0.2, -0.15) is 10.1 Å². The van der Waals surface area contributed by atoms with Gasteiger partial charge in [-0.1, -0.05) is 46.8 Å². The van der Waals surface area contributed by atoms with Gasteiger partial charge in [-0.3, -0.25) is 14.6 Å². The number of anilines is 1. The highest BCUT2D eigenvalue weighted by Crippen LogP contribution is 2.34. The topological polar surface area (TPSA) is 104 Å². The lowest BCUT2D eigenvalue weighted by Crippen LogP contribution is -2.39. The number of thioether (sulfide) groups is 1. The summed E-state index contributed by atoms with van der Waals surface area (Å²) in [5.74, 6) is -0.0137. The fraction of sp³-hybridized carbons (Fsp3) is 0.200. The van der Waals surface area contributed by atoms with Gasteiger partial charge >= 0.3 is 0 Å². The zero-order valence-electron chi connectivity index (χ0n) is 15.9. The Bertz CT molecular complexity index is 1150. The van der Waals surface area contributed by atoms with E-state index >= 15 is 0 Å². The van der Waals surface area contributed by atoms with Crippen molar-refractivity contribution in [2.24, 2.45) is 10.3 Å². The summed E-state index contributed by atoms with van der Waals surface area (Å²) in [6.07, 6.45) is 1.94. The van der Waals surface area contributed by atoms with Gasteiger partial charge in [-0.25, -0.2) is 4.90 Å². The summed E-state index contributed by atoms with van der Waals surface area (Å²) >= 11 is 1.54. The third-order valence-electron chi connectivity index (χ3n) is 4.97. The van der Waals surface area contributed by atoms with Crippen LogP contribution in [0.2, 0.25) is 0 Å². The Morgan fingerprint density at radius 2 is 1.90 bits per heavy atom. The van der Waals surface area contributed by atoms with Gasteiger partial charge in [-0.05, 0) is 24.5 Å². The molecule has 9 nitrogen and oxygen atoms in total. The molecule has 2 atom stereocenters. The van der Waals surface area contributed by atoms with Crippen molar-refractivity contribution < 1.29 is 14.1 Å². The van der Waals surface area contributed by atoms with Crippen LogP contribution in [0, 0.1) is 0 Å². The highest BCUT2D eigenvalue weighted by Gasteiger charge is 2.55. The van der Waals surface area contributed by atoms with Crippen molar-refractivity contribution in [2.45, 2.75) is 23.5 Å². The van der Waals surface area contributed by atoms with Crippen molar-refractivity contribution in [2.75, 3.05) is 11.2 Å². The Kier molecular flexibility index (Phi) is 4.55. The molecule has 0 spiro atoms. The predicted octanol–water partition coefficient (Wildman–Crippen LogP) is 2.95. The van der Waals surface area contributed by atoms with Crippen LogP contribution in [-0.2, 0) is 16.1 Å². The summed E-state index contributed by atoms with van der Waals surface area (Å²) in [4.78, 5) is 32.5. The predicted molar refractivity (Wildman–Crippen MR) is 108 cm³/mol. The second kappa shape index (κ2) is 7.38. The fourth-order valence-corrected chi connectivity index (χ4v) is 3.97. The maximum atomic E-state index is 13.1. The molecule has 5 rings (SSSR count). The number of imide groups is 1. The number of rotatable bonds is 5. The molecule has 2 aromatic carbocycles. The van der Waals surface area contributed by atoms with Crippen LogP contribution in [0.4, 0.5) is 5.69 Å². The van der Waals surface area contributed by atoms with Crippen molar-refractivity contribution in [3.63, 3.8) is 0 Å². The SMILES string of the molecule is CSc1cccc(N2C(=O)C3N=NN(Cc4nc(-c5ccccc5)no4)C3C2=O)c1. The maximum Gasteiger partial charge on any atom is 0.263 e. The largest absolute Gasteiger partial charge is 0.337 e. The maximum absolute atomic E-state index is 13.1. The zero-order valence-corrected chi connectivity index (χ0v) is 16.7. The van der Waals surface area contributed by atoms with E-state index in [0.717, 1.165) is 10.5 Å². The number of benzene rings is 2. The van der Waals surface area contributed by atoms with E-state index in [1.54, 1.807) is 6.07 Å². The molecule has 2 amide bonds. The van der Waals surface area contributed by atoms with Crippen LogP contribution in [-0.4, -0.2) is 45.3 Å². The minimum absolute atomic E-state index is 0.0855. The summed E-state index contributed by atoms with van der Waals surface area (Å²) in [6, 6.07) is 15.0. The lowest BCUT2D eigenvalue weighted by Gasteiger charge is -2.19. The molecule has 30 heavy (non-hydrogen) atoms. The van der Waals surface area contributed by atoms with Crippen molar-refractivity contribution >= 4 is 29.3 Å². The van der Waals surface area contributed by atoms with Gasteiger partial charge in [0.05, 0.1) is 5.69 Å². The first-order valence-electron chi connectivity index (χ1n) is 9.23. The van der Waals surface area contributed by atoms with Gasteiger partial charge in [0, 0.05) is 10.5 Å². The highest BCUT2D eigenvalue weighted by atomic mass is 32.2. The van der Waals surface area contributed by atoms with Crippen LogP contribution in [0.25, 0.3) is 11.4 Å². The monoisotopic (exact) mass is 420 g/mol. The Hall–Kier alpha value is -3.53. The van der Waals surface area contributed by atoms with Crippen LogP contribution in [0.15, 0.2) is 74.4 Å². The molecule has 1 saturated heterocycles. The molecule has 2 aliphatic rings. The Labute approximate surface area is 175 Å². The summed E-state index contributed by atoms with van der Waals surface area (Å²) < 4.78 is 5.32. The number of aromatic nitrogens is 2. The summed E-state index contributed by atoms with van der Waals surface area (Å²) in [6.45, 7) is 0.0855. The summed E-state index contributed by atoms with van der Waals surface area (Å²) in [5, 5.41) is 13.5. The lowest BCUT2D eigenvalue weighted by molar-refractivity contribution is -0.123. The van der Waals surface area contributed by atoms with Crippen LogP contribution in [0.1, 0.15) is 5.89 Å². The molecule has 1 fully saturated rings. The smallest absolute Gasteiger partial charge is 0.263 e. The quantitative estimate of drug-likeness (QED) is 0.462. The van der Waals surface area contributed by atoms with Crippen molar-refractivity contribution in [3.05, 3.63) is 60.5 Å². The van der Waals surface area contributed by atoms with Gasteiger partial charge in [0.15, 0.2) is 12.1 Å². The third-order valence-corrected chi connectivity index (χ3v) is 5.69. The molecular weight excluding hydrogens is 404 g/mol. The van der Waals surface area contributed by atoms with Crippen LogP contribution in [0.5, 0.6) is 0 Å². The van der Waals surface area contributed by atoms with Gasteiger partial charge in [-0.15, -0.1) is 11.8 Å². The second-order valence-corrected chi connectivity index (χ2v) is 7.66. The molecule has 0 saturated carbocycles. The third kappa shape index (κ3) is 3.05. The van der Waals surface area contributed by atoms with Crippen molar-refractivity contribution in [1.82, 2.24) is 15.1 Å². The average Bonchev–Trinajstić information content (AvgIpc) is 3.47. The molecule has 0 radical (unpaired) electrons. The molecular formula is C20H16N6O3S. The first-order valence-corrected chi connectivity index (χ1v) is 10.5. The molecule has 0 bridgehead atoms. The molecule has 3 aromatic rings. The van der Waals surface area contributed by atoms with Gasteiger partial charge in [0.1, 0.15) is 6.54 Å². The molecule has 1 aromatic heterocycles. The molecule has 2 aliphatic heterocycles. The van der Waals surface area contributed by atoms with Crippen molar-refractivity contribution in [3.8, 4) is 11.4 Å². The first-order chi connectivity index (χ1) is 14.7. The van der Waals surface area contributed by atoms with Gasteiger partial charge in [0.25, 0.3) is 11.8 Å². The fourth-order valence-electron chi connectivity index (χ4n) is 3.52. The molecule has 2 unspecified atom stereocenters. The summed E-state index contributed by atoms with van der Waals surface area (Å²) in [7, 11) is 0. The van der Waals surface area contributed by atoms with Crippen molar-refractivity contribution in [1.29, 1.82) is 0 Å². The van der Waals surface area contributed by atoms with E-state index in [4.69, 9.17) is 4.52 Å². The number of carbonyl (C=O) groups excluding carboxylic acids is 2. The lowest BCUT2D eigenvalue weighted by atomic mass is 10.1. The van der Waals surface area contributed by atoms with E-state index in [1.165, 1.54) is 21.7 Å². The molecule has 0 aliphatic carbocycles. The molecule has 3 heterocycles. The number of hydrogen-bond acceptors (Lipinski definition) is 9. The minimum atomic E-state index is -0.869. The second-order valence-electron chi connectivity index (χ2n) is 6.78. The van der Waals surface area contributed by atoms with E-state index < -0.39 is 12.1 Å². The Balaban J connectivity index is 1.37. The van der Waals surface area contributed by atoms with E-state index in [1.807, 2.05) is 54.8 Å². The number of amides is 2. The van der Waals surface area contributed by atoms with Crippen LogP contribution in [0.3, 0.4) is 0 Å². The Morgan fingerprint density at radius 3 is 2.70 bits per heavy atom. The number of nitrogens with zero attached hydrogens (tertiary/aromatic N) is 6. The number of fused-ring (bicyclic) bond motifs is 1. The first kappa shape index (κ1) is 18.5. The number of carbonyl (C=O) groups is 2. The van der Waals surface area contributed by atoms with Gasteiger partial charge in [0.2, 0.25) is 11.7 Å². The van der Waals surface area contributed by atoms with E-state index in [0.29, 0.717) is 11.5 Å².